The van der Waals surface area contributed by atoms with Crippen LogP contribution in [0.3, 0.4) is 0 Å². The van der Waals surface area contributed by atoms with E-state index in [0.717, 1.165) is 11.3 Å². The van der Waals surface area contributed by atoms with Crippen LogP contribution in [-0.2, 0) is 0 Å². The van der Waals surface area contributed by atoms with Gasteiger partial charge in [-0.15, -0.1) is 11.3 Å². The lowest BCUT2D eigenvalue weighted by Crippen LogP contribution is -2.41. The van der Waals surface area contributed by atoms with E-state index in [2.05, 4.69) is 15.8 Å². The summed E-state index contributed by atoms with van der Waals surface area (Å²) in [7, 11) is 0. The van der Waals surface area contributed by atoms with Crippen LogP contribution in [0.5, 0.6) is 0 Å². The number of hydrazine groups is 1. The largest absolute Gasteiger partial charge is 0.288 e. The first-order chi connectivity index (χ1) is 8.66. The SMILES string of the molecule is O=C(NNC(=O)c1ccc(Cl)s1)c1ccccn1. The monoisotopic (exact) mass is 281 g/mol. The normalized spacial score (nSPS) is 9.83. The average molecular weight is 282 g/mol. The zero-order valence-corrected chi connectivity index (χ0v) is 10.6. The number of thiophene rings is 1. The minimum Gasteiger partial charge on any atom is -0.266 e. The van der Waals surface area contributed by atoms with Crippen LogP contribution in [0, 0.1) is 0 Å². The Morgan fingerprint density at radius 2 is 1.89 bits per heavy atom. The van der Waals surface area contributed by atoms with Gasteiger partial charge in [0.2, 0.25) is 0 Å². The van der Waals surface area contributed by atoms with Gasteiger partial charge < -0.3 is 0 Å². The van der Waals surface area contributed by atoms with Gasteiger partial charge in [0.05, 0.1) is 9.21 Å². The Balaban J connectivity index is 1.92. The number of nitrogens with zero attached hydrogens (tertiary/aromatic N) is 1. The molecule has 0 spiro atoms. The van der Waals surface area contributed by atoms with Crippen LogP contribution in [0.2, 0.25) is 4.34 Å². The number of nitrogens with one attached hydrogen (secondary N) is 2. The highest BCUT2D eigenvalue weighted by atomic mass is 35.5. The molecule has 0 aliphatic carbocycles. The molecule has 2 heterocycles. The standard InChI is InChI=1S/C11H8ClN3O2S/c12-9-5-4-8(18-9)11(17)15-14-10(16)7-3-1-2-6-13-7/h1-6H,(H,14,16)(H,15,17). The number of carbonyl (C=O) groups is 2. The van der Waals surface area contributed by atoms with Gasteiger partial charge in [0.25, 0.3) is 11.8 Å². The first-order valence-corrected chi connectivity index (χ1v) is 6.13. The van der Waals surface area contributed by atoms with E-state index >= 15 is 0 Å². The van der Waals surface area contributed by atoms with Crippen LogP contribution in [0.4, 0.5) is 0 Å². The molecule has 5 nitrogen and oxygen atoms in total. The van der Waals surface area contributed by atoms with Crippen molar-refractivity contribution in [3.05, 3.63) is 51.4 Å². The van der Waals surface area contributed by atoms with Crippen molar-refractivity contribution in [2.24, 2.45) is 0 Å². The summed E-state index contributed by atoms with van der Waals surface area (Å²) in [5.74, 6) is -0.900. The van der Waals surface area contributed by atoms with Crippen molar-refractivity contribution in [2.75, 3.05) is 0 Å². The molecule has 2 amide bonds. The predicted octanol–water partition coefficient (Wildman–Crippen LogP) is 1.87. The summed E-state index contributed by atoms with van der Waals surface area (Å²) in [6, 6.07) is 8.12. The number of pyridine rings is 1. The smallest absolute Gasteiger partial charge is 0.266 e. The fourth-order valence-electron chi connectivity index (χ4n) is 1.17. The van der Waals surface area contributed by atoms with E-state index in [1.807, 2.05) is 0 Å². The Morgan fingerprint density at radius 1 is 1.11 bits per heavy atom. The number of aromatic nitrogens is 1. The Morgan fingerprint density at radius 3 is 2.50 bits per heavy atom. The molecule has 0 aromatic carbocycles. The third-order valence-electron chi connectivity index (χ3n) is 1.98. The third kappa shape index (κ3) is 3.06. The molecular weight excluding hydrogens is 274 g/mol. The molecule has 0 aliphatic rings. The molecular formula is C11H8ClN3O2S. The Hall–Kier alpha value is -1.92. The number of hydrogen-bond acceptors (Lipinski definition) is 4. The molecule has 0 bridgehead atoms. The molecule has 0 radical (unpaired) electrons. The summed E-state index contributed by atoms with van der Waals surface area (Å²) in [6.07, 6.45) is 1.50. The van der Waals surface area contributed by atoms with Gasteiger partial charge in [-0.2, -0.15) is 0 Å². The Bertz CT molecular complexity index is 571. The molecule has 18 heavy (non-hydrogen) atoms. The zero-order valence-electron chi connectivity index (χ0n) is 9.01. The van der Waals surface area contributed by atoms with E-state index < -0.39 is 11.8 Å². The number of hydrogen-bond donors (Lipinski definition) is 2. The van der Waals surface area contributed by atoms with Crippen LogP contribution >= 0.6 is 22.9 Å². The maximum Gasteiger partial charge on any atom is 0.288 e. The highest BCUT2D eigenvalue weighted by Crippen LogP contribution is 2.20. The second-order valence-electron chi connectivity index (χ2n) is 3.23. The summed E-state index contributed by atoms with van der Waals surface area (Å²) < 4.78 is 0.510. The van der Waals surface area contributed by atoms with Gasteiger partial charge in [-0.25, -0.2) is 0 Å². The molecule has 92 valence electrons. The van der Waals surface area contributed by atoms with Crippen molar-refractivity contribution in [1.82, 2.24) is 15.8 Å². The van der Waals surface area contributed by atoms with Crippen molar-refractivity contribution in [3.63, 3.8) is 0 Å². The van der Waals surface area contributed by atoms with Crippen molar-refractivity contribution in [1.29, 1.82) is 0 Å². The number of amides is 2. The van der Waals surface area contributed by atoms with Gasteiger partial charge in [0.15, 0.2) is 0 Å². The van der Waals surface area contributed by atoms with E-state index in [-0.39, 0.29) is 5.69 Å². The van der Waals surface area contributed by atoms with Gasteiger partial charge >= 0.3 is 0 Å². The van der Waals surface area contributed by atoms with Crippen LogP contribution in [-0.4, -0.2) is 16.8 Å². The summed E-state index contributed by atoms with van der Waals surface area (Å²) >= 11 is 6.83. The van der Waals surface area contributed by atoms with E-state index in [9.17, 15) is 9.59 Å². The van der Waals surface area contributed by atoms with Gasteiger partial charge in [-0.3, -0.25) is 25.4 Å². The highest BCUT2D eigenvalue weighted by molar-refractivity contribution is 7.17. The first kappa shape index (κ1) is 12.5. The Labute approximate surface area is 112 Å². The predicted molar refractivity (Wildman–Crippen MR) is 68.5 cm³/mol. The van der Waals surface area contributed by atoms with E-state index in [1.165, 1.54) is 6.20 Å². The molecule has 0 unspecified atom stereocenters. The van der Waals surface area contributed by atoms with Crippen LogP contribution in [0.15, 0.2) is 36.5 Å². The fraction of sp³-hybridized carbons (Fsp3) is 0. The van der Waals surface area contributed by atoms with Crippen LogP contribution < -0.4 is 10.9 Å². The quantitative estimate of drug-likeness (QED) is 0.826. The van der Waals surface area contributed by atoms with Crippen LogP contribution in [0.25, 0.3) is 0 Å². The van der Waals surface area contributed by atoms with E-state index in [4.69, 9.17) is 11.6 Å². The second kappa shape index (κ2) is 5.61. The molecule has 0 fully saturated rings. The van der Waals surface area contributed by atoms with Crippen molar-refractivity contribution in [3.8, 4) is 0 Å². The topological polar surface area (TPSA) is 71.1 Å². The second-order valence-corrected chi connectivity index (χ2v) is 4.94. The number of halogens is 1. The van der Waals surface area contributed by atoms with Gasteiger partial charge in [0.1, 0.15) is 5.69 Å². The van der Waals surface area contributed by atoms with E-state index in [1.54, 1.807) is 30.3 Å². The first-order valence-electron chi connectivity index (χ1n) is 4.94. The van der Waals surface area contributed by atoms with Crippen molar-refractivity contribution >= 4 is 34.8 Å². The summed E-state index contributed by atoms with van der Waals surface area (Å²) in [4.78, 5) is 27.4. The molecule has 2 aromatic rings. The lowest BCUT2D eigenvalue weighted by Gasteiger charge is -2.05. The molecule has 0 atom stereocenters. The van der Waals surface area contributed by atoms with Crippen LogP contribution in [0.1, 0.15) is 20.2 Å². The summed E-state index contributed by atoms with van der Waals surface area (Å²) in [5, 5.41) is 0. The summed E-state index contributed by atoms with van der Waals surface area (Å²) in [5.41, 5.74) is 4.78. The van der Waals surface area contributed by atoms with Gasteiger partial charge in [-0.1, -0.05) is 17.7 Å². The lowest BCUT2D eigenvalue weighted by atomic mass is 10.3. The lowest BCUT2D eigenvalue weighted by molar-refractivity contribution is 0.0846. The van der Waals surface area contributed by atoms with Gasteiger partial charge in [-0.05, 0) is 24.3 Å². The molecule has 0 saturated heterocycles. The number of carbonyl (C=O) groups excluding carboxylic acids is 2. The molecule has 0 saturated carbocycles. The summed E-state index contributed by atoms with van der Waals surface area (Å²) in [6.45, 7) is 0. The highest BCUT2D eigenvalue weighted by Gasteiger charge is 2.11. The molecule has 0 aliphatic heterocycles. The van der Waals surface area contributed by atoms with Crippen molar-refractivity contribution < 1.29 is 9.59 Å². The molecule has 2 N–H and O–H groups in total. The van der Waals surface area contributed by atoms with E-state index in [0.29, 0.717) is 9.21 Å². The maximum atomic E-state index is 11.6. The third-order valence-corrected chi connectivity index (χ3v) is 3.21. The Kier molecular flexibility index (Phi) is 3.91. The zero-order chi connectivity index (χ0) is 13.0. The molecule has 2 rings (SSSR count). The minimum absolute atomic E-state index is 0.224. The van der Waals surface area contributed by atoms with Gasteiger partial charge in [0, 0.05) is 6.20 Å². The molecule has 2 aromatic heterocycles. The number of rotatable bonds is 2. The average Bonchev–Trinajstić information content (AvgIpc) is 2.83. The fourth-order valence-corrected chi connectivity index (χ4v) is 2.11. The minimum atomic E-state index is -0.480. The maximum absolute atomic E-state index is 11.6. The van der Waals surface area contributed by atoms with Crippen molar-refractivity contribution in [2.45, 2.75) is 0 Å². The molecule has 7 heteroatoms.